The summed E-state index contributed by atoms with van der Waals surface area (Å²) in [5, 5.41) is 11.0. The number of rotatable bonds is 8. The summed E-state index contributed by atoms with van der Waals surface area (Å²) in [4.78, 5) is 30.6. The van der Waals surface area contributed by atoms with Crippen LogP contribution in [0, 0.1) is 10.8 Å². The van der Waals surface area contributed by atoms with Crippen molar-refractivity contribution >= 4 is 45.1 Å². The van der Waals surface area contributed by atoms with Gasteiger partial charge in [0.05, 0.1) is 29.7 Å². The van der Waals surface area contributed by atoms with Gasteiger partial charge in [0.2, 0.25) is 15.9 Å². The first kappa shape index (κ1) is 32.7. The fourth-order valence-corrected chi connectivity index (χ4v) is 8.66. The molecule has 4 rings (SSSR count). The van der Waals surface area contributed by atoms with Gasteiger partial charge in [-0.3, -0.25) is 9.59 Å². The third-order valence-corrected chi connectivity index (χ3v) is 11.1. The number of benzene rings is 2. The van der Waals surface area contributed by atoms with E-state index in [4.69, 9.17) is 23.2 Å². The summed E-state index contributed by atoms with van der Waals surface area (Å²) >= 11 is 12.7. The third kappa shape index (κ3) is 7.13. The highest BCUT2D eigenvalue weighted by atomic mass is 35.5. The van der Waals surface area contributed by atoms with Gasteiger partial charge < -0.3 is 14.9 Å². The van der Waals surface area contributed by atoms with Crippen molar-refractivity contribution in [3.63, 3.8) is 0 Å². The van der Waals surface area contributed by atoms with Crippen molar-refractivity contribution in [2.75, 3.05) is 39.0 Å². The summed E-state index contributed by atoms with van der Waals surface area (Å²) in [5.74, 6) is -2.08. The first-order valence-corrected chi connectivity index (χ1v) is 16.6. The van der Waals surface area contributed by atoms with Gasteiger partial charge in [0.1, 0.15) is 0 Å². The summed E-state index contributed by atoms with van der Waals surface area (Å²) < 4.78 is 29.4. The van der Waals surface area contributed by atoms with E-state index in [1.54, 1.807) is 30.0 Å². The van der Waals surface area contributed by atoms with Gasteiger partial charge in [-0.15, -0.1) is 0 Å². The average molecular weight is 639 g/mol. The molecule has 2 fully saturated rings. The number of carbonyl (C=O) groups is 2. The lowest BCUT2D eigenvalue weighted by Gasteiger charge is -2.54. The maximum absolute atomic E-state index is 14.7. The van der Waals surface area contributed by atoms with Gasteiger partial charge >= 0.3 is 5.97 Å². The number of carboxylic acids is 1. The first-order chi connectivity index (χ1) is 19.5. The Labute approximate surface area is 259 Å². The molecule has 1 N–H and O–H groups in total. The van der Waals surface area contributed by atoms with Crippen molar-refractivity contribution in [2.45, 2.75) is 58.5 Å². The minimum Gasteiger partial charge on any atom is -0.481 e. The van der Waals surface area contributed by atoms with E-state index in [2.05, 4.69) is 4.90 Å². The number of piperidine rings is 1. The summed E-state index contributed by atoms with van der Waals surface area (Å²) in [5.41, 5.74) is -0.295. The van der Waals surface area contributed by atoms with Crippen LogP contribution in [0.1, 0.15) is 63.6 Å². The first-order valence-electron chi connectivity index (χ1n) is 14.2. The van der Waals surface area contributed by atoms with Crippen molar-refractivity contribution < 1.29 is 23.1 Å². The van der Waals surface area contributed by atoms with Gasteiger partial charge in [-0.1, -0.05) is 75.2 Å². The quantitative estimate of drug-likeness (QED) is 0.409. The van der Waals surface area contributed by atoms with Crippen LogP contribution in [0.4, 0.5) is 0 Å². The Morgan fingerprint density at radius 1 is 1.02 bits per heavy atom. The van der Waals surface area contributed by atoms with Crippen LogP contribution < -0.4 is 0 Å². The van der Waals surface area contributed by atoms with E-state index in [1.807, 2.05) is 58.2 Å². The minimum absolute atomic E-state index is 0.254. The van der Waals surface area contributed by atoms with Crippen molar-refractivity contribution in [3.8, 4) is 0 Å². The third-order valence-electron chi connectivity index (χ3n) is 8.69. The number of nitrogens with zero attached hydrogens (tertiary/aromatic N) is 3. The van der Waals surface area contributed by atoms with E-state index in [1.165, 1.54) is 4.31 Å². The number of carboxylic acid groups (broad SMARTS) is 1. The summed E-state index contributed by atoms with van der Waals surface area (Å²) in [6.07, 6.45) is -0.126. The molecule has 2 saturated heterocycles. The second-order valence-corrected chi connectivity index (χ2v) is 16.0. The molecule has 2 aromatic rings. The zero-order valence-corrected chi connectivity index (χ0v) is 27.2. The molecule has 0 aromatic heterocycles. The molecule has 0 radical (unpaired) electrons. The Hall–Kier alpha value is -2.17. The Balaban J connectivity index is 1.92. The molecule has 1 amide bonds. The minimum atomic E-state index is -3.77. The van der Waals surface area contributed by atoms with Crippen LogP contribution in [-0.4, -0.2) is 84.5 Å². The lowest BCUT2D eigenvalue weighted by atomic mass is 9.66. The molecule has 0 aliphatic carbocycles. The topological polar surface area (TPSA) is 98.2 Å². The van der Waals surface area contributed by atoms with E-state index in [-0.39, 0.29) is 30.4 Å². The van der Waals surface area contributed by atoms with Crippen LogP contribution in [0.3, 0.4) is 0 Å². The van der Waals surface area contributed by atoms with Crippen LogP contribution in [0.2, 0.25) is 10.0 Å². The number of aliphatic carboxylic acids is 1. The van der Waals surface area contributed by atoms with Gasteiger partial charge in [-0.25, -0.2) is 8.42 Å². The second-order valence-electron chi connectivity index (χ2n) is 13.1. The van der Waals surface area contributed by atoms with E-state index in [0.717, 1.165) is 11.1 Å². The number of piperazine rings is 1. The van der Waals surface area contributed by atoms with Crippen LogP contribution in [0.15, 0.2) is 48.5 Å². The smallest absolute Gasteiger partial charge is 0.304 e. The highest BCUT2D eigenvalue weighted by Crippen LogP contribution is 2.53. The zero-order valence-electron chi connectivity index (χ0n) is 24.9. The zero-order chi connectivity index (χ0) is 31.0. The van der Waals surface area contributed by atoms with E-state index in [0.29, 0.717) is 36.2 Å². The van der Waals surface area contributed by atoms with Crippen LogP contribution in [-0.2, 0) is 19.6 Å². The number of carbonyl (C=O) groups excluding carboxylic acids is 1. The molecular weight excluding hydrogens is 597 g/mol. The fraction of sp³-hybridized carbons (Fsp3) is 0.548. The van der Waals surface area contributed by atoms with Crippen LogP contribution in [0.25, 0.3) is 0 Å². The average Bonchev–Trinajstić information content (AvgIpc) is 2.89. The van der Waals surface area contributed by atoms with Gasteiger partial charge in [0.25, 0.3) is 0 Å². The maximum Gasteiger partial charge on any atom is 0.304 e. The fourth-order valence-electron chi connectivity index (χ4n) is 6.34. The maximum atomic E-state index is 14.7. The molecule has 11 heteroatoms. The van der Waals surface area contributed by atoms with Gasteiger partial charge in [-0.05, 0) is 54.3 Å². The van der Waals surface area contributed by atoms with E-state index >= 15 is 0 Å². The lowest BCUT2D eigenvalue weighted by molar-refractivity contribution is -0.162. The number of hydrogen-bond donors (Lipinski definition) is 1. The molecule has 2 aliphatic rings. The van der Waals surface area contributed by atoms with Crippen molar-refractivity contribution in [3.05, 3.63) is 69.7 Å². The van der Waals surface area contributed by atoms with Crippen molar-refractivity contribution in [1.82, 2.24) is 14.1 Å². The number of hydrogen-bond acceptors (Lipinski definition) is 5. The molecule has 2 aromatic carbocycles. The SMILES string of the molecule is CN1CCN(S(=O)(=O)C[C@@H](N2C(=O)[C@@](C)(CC(=O)O)C[C@H](c3cccc(Cl)c3)[C@H]2c2ccc(Cl)cc2)C(C)(C)C)CC1. The predicted molar refractivity (Wildman–Crippen MR) is 166 cm³/mol. The summed E-state index contributed by atoms with van der Waals surface area (Å²) in [6, 6.07) is 13.3. The molecule has 4 atom stereocenters. The molecule has 42 heavy (non-hydrogen) atoms. The Bertz CT molecular complexity index is 1400. The van der Waals surface area contributed by atoms with Crippen LogP contribution >= 0.6 is 23.2 Å². The van der Waals surface area contributed by atoms with Gasteiger partial charge in [0.15, 0.2) is 0 Å². The molecule has 2 aliphatic heterocycles. The number of sulfonamides is 1. The monoisotopic (exact) mass is 637 g/mol. The molecule has 0 spiro atoms. The molecular formula is C31H41Cl2N3O5S. The molecule has 0 saturated carbocycles. The molecule has 230 valence electrons. The highest BCUT2D eigenvalue weighted by Gasteiger charge is 2.55. The van der Waals surface area contributed by atoms with Gasteiger partial charge in [-0.2, -0.15) is 4.31 Å². The Morgan fingerprint density at radius 3 is 2.19 bits per heavy atom. The highest BCUT2D eigenvalue weighted by molar-refractivity contribution is 7.89. The number of halogens is 2. The Morgan fingerprint density at radius 2 is 1.64 bits per heavy atom. The Kier molecular flexibility index (Phi) is 9.70. The number of likely N-dealkylation sites (tertiary alicyclic amines) is 1. The van der Waals surface area contributed by atoms with E-state index < -0.39 is 38.9 Å². The number of likely N-dealkylation sites (N-methyl/N-ethyl adjacent to an activating group) is 1. The number of amides is 1. The summed E-state index contributed by atoms with van der Waals surface area (Å²) in [7, 11) is -1.81. The molecule has 8 nitrogen and oxygen atoms in total. The molecule has 0 bridgehead atoms. The van der Waals surface area contributed by atoms with Crippen LogP contribution in [0.5, 0.6) is 0 Å². The van der Waals surface area contributed by atoms with Crippen molar-refractivity contribution in [1.29, 1.82) is 0 Å². The van der Waals surface area contributed by atoms with E-state index in [9.17, 15) is 23.1 Å². The van der Waals surface area contributed by atoms with Crippen molar-refractivity contribution in [2.24, 2.45) is 10.8 Å². The second kappa shape index (κ2) is 12.4. The summed E-state index contributed by atoms with van der Waals surface area (Å²) in [6.45, 7) is 9.49. The lowest BCUT2D eigenvalue weighted by Crippen LogP contribution is -2.61. The largest absolute Gasteiger partial charge is 0.481 e. The standard InChI is InChI=1S/C31H41Cl2N3O5S/c1-30(2,3)26(20-42(40,41)35-15-13-34(5)14-16-35)36-28(21-9-11-23(32)12-10-21)25(22-7-6-8-24(33)17-22)18-31(4,29(36)39)19-27(37)38/h6-12,17,25-26,28H,13-16,18-20H2,1-5H3,(H,37,38)/t25-,26-,28-,31-/m1/s1. The normalized spacial score (nSPS) is 25.4. The molecule has 0 unspecified atom stereocenters. The molecule has 2 heterocycles. The van der Waals surface area contributed by atoms with Gasteiger partial charge in [0, 0.05) is 42.1 Å². The predicted octanol–water partition coefficient (Wildman–Crippen LogP) is 5.52.